The average Bonchev–Trinajstić information content (AvgIpc) is 2.88. The number of ether oxygens (including phenoxy) is 1. The Kier molecular flexibility index (Phi) is 8.39. The van der Waals surface area contributed by atoms with E-state index in [4.69, 9.17) is 8.95 Å². The molecule has 0 spiro atoms. The zero-order valence-electron chi connectivity index (χ0n) is 17.0. The summed E-state index contributed by atoms with van der Waals surface area (Å²) < 4.78 is 14.1. The number of nitrogens with one attached hydrogen (secondary N) is 1. The summed E-state index contributed by atoms with van der Waals surface area (Å²) in [5.74, 6) is 0.808. The zero-order valence-corrected chi connectivity index (χ0v) is 17.8. The van der Waals surface area contributed by atoms with E-state index in [1.165, 1.54) is 0 Å². The molecule has 1 aliphatic rings. The van der Waals surface area contributed by atoms with Crippen LogP contribution in [0.4, 0.5) is 5.69 Å². The van der Waals surface area contributed by atoms with E-state index in [9.17, 15) is 5.11 Å². The molecule has 1 aliphatic heterocycles. The van der Waals surface area contributed by atoms with Crippen LogP contribution in [-0.2, 0) is 12.5 Å². The lowest BCUT2D eigenvalue weighted by Crippen LogP contribution is -2.42. The highest BCUT2D eigenvalue weighted by Crippen LogP contribution is 2.48. The van der Waals surface area contributed by atoms with Gasteiger partial charge in [0.05, 0.1) is 12.7 Å². The number of anilines is 1. The normalized spacial score (nSPS) is 23.4. The predicted molar refractivity (Wildman–Crippen MR) is 116 cm³/mol. The molecule has 3 rings (SSSR count). The second kappa shape index (κ2) is 10.5. The number of fused-ring (bicyclic) bond motifs is 1. The van der Waals surface area contributed by atoms with Crippen LogP contribution in [0.25, 0.3) is 0 Å². The lowest BCUT2D eigenvalue weighted by Gasteiger charge is -2.39. The van der Waals surface area contributed by atoms with Crippen LogP contribution < -0.4 is 10.1 Å². The highest BCUT2D eigenvalue weighted by atomic mass is 32.1. The summed E-state index contributed by atoms with van der Waals surface area (Å²) in [7, 11) is 1.92. The number of hydrogen-bond acceptors (Lipinski definition) is 5. The Morgan fingerprint density at radius 3 is 2.50 bits per heavy atom. The third kappa shape index (κ3) is 4.53. The summed E-state index contributed by atoms with van der Waals surface area (Å²) in [5.41, 5.74) is 3.03. The van der Waals surface area contributed by atoms with Crippen molar-refractivity contribution >= 4 is 18.2 Å². The van der Waals surface area contributed by atoms with E-state index in [1.54, 1.807) is 0 Å². The first-order valence-corrected chi connectivity index (χ1v) is 10.3. The molecule has 1 heterocycles. The second-order valence-electron chi connectivity index (χ2n) is 7.44. The van der Waals surface area contributed by atoms with E-state index in [0.717, 1.165) is 48.2 Å². The van der Waals surface area contributed by atoms with Crippen molar-refractivity contribution in [3.63, 3.8) is 0 Å². The number of benzene rings is 2. The van der Waals surface area contributed by atoms with Gasteiger partial charge in [-0.1, -0.05) is 57.0 Å². The Bertz CT molecular complexity index is 740. The van der Waals surface area contributed by atoms with Gasteiger partial charge in [-0.25, -0.2) is 0 Å². The number of unbranched alkanes of at least 4 members (excludes halogenated alkanes) is 1. The van der Waals surface area contributed by atoms with Crippen molar-refractivity contribution in [2.24, 2.45) is 5.41 Å². The minimum absolute atomic E-state index is 0.0844. The Balaban J connectivity index is 0.00000136. The first-order valence-electron chi connectivity index (χ1n) is 9.99. The maximum Gasteiger partial charge on any atom is 0.197 e. The van der Waals surface area contributed by atoms with Crippen LogP contribution in [0.15, 0.2) is 48.5 Å². The van der Waals surface area contributed by atoms with Crippen LogP contribution in [0, 0.1) is 5.41 Å². The second-order valence-corrected chi connectivity index (χ2v) is 7.44. The van der Waals surface area contributed by atoms with Gasteiger partial charge in [-0.3, -0.25) is 0 Å². The van der Waals surface area contributed by atoms with Gasteiger partial charge in [-0.15, -0.1) is 0 Å². The molecule has 0 fully saturated rings. The van der Waals surface area contributed by atoms with Gasteiger partial charge in [0, 0.05) is 29.6 Å². The van der Waals surface area contributed by atoms with Gasteiger partial charge in [0.15, 0.2) is 12.5 Å². The number of rotatable bonds is 6. The number of hydrogen-bond donors (Lipinski definition) is 2. The van der Waals surface area contributed by atoms with E-state index < -0.39 is 6.10 Å². The standard InChI is InChI=1S/C23H31NO2.OS/c1-4-6-14-23(5-2)16-26-20-13-12-18(24-3)15-19(20)21(22(23)25)17-10-8-7-9-11-17;1-2/h7-13,15,21-22,24-25H,4-6,14,16H2,1-3H3;/t21-,22-,23+;/m0./s1. The maximum atomic E-state index is 11.6. The van der Waals surface area contributed by atoms with Gasteiger partial charge in [-0.05, 0) is 36.6 Å². The van der Waals surface area contributed by atoms with Gasteiger partial charge >= 0.3 is 0 Å². The fourth-order valence-corrected chi connectivity index (χ4v) is 4.17. The van der Waals surface area contributed by atoms with E-state index in [-0.39, 0.29) is 11.3 Å². The van der Waals surface area contributed by atoms with Crippen molar-refractivity contribution in [1.29, 1.82) is 0 Å². The van der Waals surface area contributed by atoms with E-state index >= 15 is 0 Å². The third-order valence-corrected chi connectivity index (χ3v) is 5.98. The summed E-state index contributed by atoms with van der Waals surface area (Å²) in [6.07, 6.45) is 3.64. The maximum absolute atomic E-state index is 11.6. The van der Waals surface area contributed by atoms with Gasteiger partial charge in [-0.2, -0.15) is 4.21 Å². The first-order chi connectivity index (χ1) is 13.6. The summed E-state index contributed by atoms with van der Waals surface area (Å²) in [4.78, 5) is 0. The molecule has 3 atom stereocenters. The summed E-state index contributed by atoms with van der Waals surface area (Å²) in [5, 5.41) is 14.9. The van der Waals surface area contributed by atoms with Crippen molar-refractivity contribution in [2.45, 2.75) is 51.6 Å². The van der Waals surface area contributed by atoms with Crippen molar-refractivity contribution in [3.05, 3.63) is 59.7 Å². The van der Waals surface area contributed by atoms with Crippen LogP contribution in [0.5, 0.6) is 5.75 Å². The Hall–Kier alpha value is -1.98. The Morgan fingerprint density at radius 2 is 1.89 bits per heavy atom. The van der Waals surface area contributed by atoms with Crippen molar-refractivity contribution < 1.29 is 14.1 Å². The van der Waals surface area contributed by atoms with Gasteiger partial charge in [0.25, 0.3) is 0 Å². The first kappa shape index (κ1) is 22.3. The van der Waals surface area contributed by atoms with Crippen molar-refractivity contribution in [2.75, 3.05) is 19.0 Å². The molecule has 0 amide bonds. The molecule has 152 valence electrons. The lowest BCUT2D eigenvalue weighted by molar-refractivity contribution is -0.0210. The highest BCUT2D eigenvalue weighted by molar-refractivity contribution is 7.44. The molecule has 0 aromatic heterocycles. The van der Waals surface area contributed by atoms with E-state index in [1.807, 2.05) is 25.2 Å². The molecule has 0 saturated heterocycles. The van der Waals surface area contributed by atoms with Crippen molar-refractivity contribution in [1.82, 2.24) is 0 Å². The molecule has 4 nitrogen and oxygen atoms in total. The topological polar surface area (TPSA) is 58.6 Å². The Morgan fingerprint density at radius 1 is 1.18 bits per heavy atom. The average molecular weight is 402 g/mol. The van der Waals surface area contributed by atoms with Crippen LogP contribution in [0.1, 0.15) is 56.6 Å². The van der Waals surface area contributed by atoms with Crippen LogP contribution in [-0.4, -0.2) is 29.1 Å². The lowest BCUT2D eigenvalue weighted by atomic mass is 9.69. The quantitative estimate of drug-likeness (QED) is 0.724. The number of aliphatic hydroxyl groups is 1. The van der Waals surface area contributed by atoms with Crippen molar-refractivity contribution in [3.8, 4) is 5.75 Å². The molecule has 28 heavy (non-hydrogen) atoms. The molecule has 0 saturated carbocycles. The molecule has 5 heteroatoms. The molecule has 0 unspecified atom stereocenters. The largest absolute Gasteiger partial charge is 0.493 e. The summed E-state index contributed by atoms with van der Waals surface area (Å²) in [6.45, 7) is 4.95. The highest BCUT2D eigenvalue weighted by Gasteiger charge is 2.45. The third-order valence-electron chi connectivity index (χ3n) is 5.98. The summed E-state index contributed by atoms with van der Waals surface area (Å²) >= 11 is 2.83. The van der Waals surface area contributed by atoms with Crippen LogP contribution in [0.2, 0.25) is 0 Å². The van der Waals surface area contributed by atoms with Gasteiger partial charge < -0.3 is 15.2 Å². The van der Waals surface area contributed by atoms with Gasteiger partial charge in [0.1, 0.15) is 5.75 Å². The van der Waals surface area contributed by atoms with Gasteiger partial charge in [0.2, 0.25) is 0 Å². The number of aliphatic hydroxyl groups excluding tert-OH is 1. The molecule has 0 radical (unpaired) electrons. The molecule has 2 aromatic carbocycles. The zero-order chi connectivity index (χ0) is 20.6. The van der Waals surface area contributed by atoms with Crippen LogP contribution in [0.3, 0.4) is 0 Å². The molecule has 2 N–H and O–H groups in total. The minimum Gasteiger partial charge on any atom is -0.493 e. The molecule has 0 aliphatic carbocycles. The predicted octanol–water partition coefficient (Wildman–Crippen LogP) is 4.86. The monoisotopic (exact) mass is 401 g/mol. The fourth-order valence-electron chi connectivity index (χ4n) is 4.17. The van der Waals surface area contributed by atoms with E-state index in [0.29, 0.717) is 6.61 Å². The smallest absolute Gasteiger partial charge is 0.197 e. The molecule has 2 aromatic rings. The fraction of sp³-hybridized carbons (Fsp3) is 0.478. The molecular weight excluding hydrogens is 370 g/mol. The molecular formula is C23H31NO3S. The van der Waals surface area contributed by atoms with Crippen LogP contribution >= 0.6 is 0 Å². The SMILES string of the molecule is CCCC[C@]1(CC)COc2ccc(NC)cc2[C@H](c2ccccc2)[C@@H]1O.O=S. The minimum atomic E-state index is -0.477. The Labute approximate surface area is 173 Å². The summed E-state index contributed by atoms with van der Waals surface area (Å²) in [6, 6.07) is 16.6. The molecule has 0 bridgehead atoms. The van der Waals surface area contributed by atoms with E-state index in [2.05, 4.69) is 62.0 Å².